The van der Waals surface area contributed by atoms with Crippen LogP contribution in [0.5, 0.6) is 0 Å². The summed E-state index contributed by atoms with van der Waals surface area (Å²) in [5.74, 6) is -1.61. The topological polar surface area (TPSA) is 122 Å². The second-order valence-electron chi connectivity index (χ2n) is 11.2. The zero-order valence-electron chi connectivity index (χ0n) is 20.5. The molecule has 1 saturated heterocycles. The van der Waals surface area contributed by atoms with Crippen molar-refractivity contribution in [2.45, 2.75) is 84.3 Å². The minimum atomic E-state index is -0.920. The number of hydrogen-bond acceptors (Lipinski definition) is 5. The van der Waals surface area contributed by atoms with Gasteiger partial charge in [-0.05, 0) is 54.8 Å². The molecule has 0 aromatic carbocycles. The first-order chi connectivity index (χ1) is 15.5. The number of nitrogens with one attached hydrogen (secondary N) is 2. The minimum Gasteiger partial charge on any atom is -0.346 e. The molecule has 1 heterocycles. The third-order valence-corrected chi connectivity index (χ3v) is 7.90. The van der Waals surface area contributed by atoms with Gasteiger partial charge in [-0.25, -0.2) is 0 Å². The van der Waals surface area contributed by atoms with Crippen LogP contribution in [0.15, 0.2) is 12.7 Å². The van der Waals surface area contributed by atoms with Crippen molar-refractivity contribution in [2.24, 2.45) is 28.4 Å². The molecule has 8 heteroatoms. The summed E-state index contributed by atoms with van der Waals surface area (Å²) in [6.45, 7) is 11.9. The smallest absolute Gasteiger partial charge is 0.289 e. The summed E-state index contributed by atoms with van der Waals surface area (Å²) < 4.78 is 0. The Bertz CT molecular complexity index is 814. The summed E-state index contributed by atoms with van der Waals surface area (Å²) in [5, 5.41) is 5.32. The third kappa shape index (κ3) is 5.00. The van der Waals surface area contributed by atoms with Crippen molar-refractivity contribution in [3.8, 4) is 0 Å². The Balaban J connectivity index is 1.82. The van der Waals surface area contributed by atoms with Crippen LogP contribution in [0, 0.1) is 22.7 Å². The van der Waals surface area contributed by atoms with E-state index in [9.17, 15) is 19.2 Å². The molecule has 0 aromatic heterocycles. The second kappa shape index (κ2) is 9.57. The second-order valence-corrected chi connectivity index (χ2v) is 11.2. The highest BCUT2D eigenvalue weighted by Crippen LogP contribution is 2.66. The Kier molecular flexibility index (Phi) is 7.36. The minimum absolute atomic E-state index is 0.0654. The third-order valence-electron chi connectivity index (χ3n) is 7.90. The maximum Gasteiger partial charge on any atom is 0.289 e. The standard InChI is InChI=1S/C25H40N4O4/c1-6-8-17(19(30)22(32)27-13-7-2)28-21(31)18-15-9-10-25(11-12-25)16(15)14-29(18)23(33)20(26)24(3,4)5/h7,15-18,20H,2,6,8-14,26H2,1,3-5H3,(H,27,32)(H,28,31)/t15-,16-,17?,18-,20+/m0/s1. The molecule has 1 unspecified atom stereocenters. The van der Waals surface area contributed by atoms with Crippen molar-refractivity contribution in [2.75, 3.05) is 13.1 Å². The van der Waals surface area contributed by atoms with Crippen LogP contribution in [-0.2, 0) is 19.2 Å². The van der Waals surface area contributed by atoms with Crippen molar-refractivity contribution >= 4 is 23.5 Å². The lowest BCUT2D eigenvalue weighted by atomic mass is 9.86. The maximum absolute atomic E-state index is 13.6. The fraction of sp³-hybridized carbons (Fsp3) is 0.760. The van der Waals surface area contributed by atoms with E-state index in [0.717, 1.165) is 25.7 Å². The summed E-state index contributed by atoms with van der Waals surface area (Å²) >= 11 is 0. The molecule has 1 aliphatic heterocycles. The van der Waals surface area contributed by atoms with E-state index in [2.05, 4.69) is 17.2 Å². The number of carbonyl (C=O) groups excluding carboxylic acids is 4. The highest BCUT2D eigenvalue weighted by atomic mass is 16.2. The number of hydrogen-bond donors (Lipinski definition) is 3. The highest BCUT2D eigenvalue weighted by Gasteiger charge is 2.63. The molecular formula is C25H40N4O4. The fourth-order valence-corrected chi connectivity index (χ4v) is 5.68. The number of ketones is 1. The lowest BCUT2D eigenvalue weighted by Crippen LogP contribution is -2.58. The maximum atomic E-state index is 13.6. The largest absolute Gasteiger partial charge is 0.346 e. The van der Waals surface area contributed by atoms with Gasteiger partial charge in [0.2, 0.25) is 17.6 Å². The molecule has 2 aliphatic carbocycles. The summed E-state index contributed by atoms with van der Waals surface area (Å²) in [7, 11) is 0. The van der Waals surface area contributed by atoms with Crippen LogP contribution in [0.4, 0.5) is 0 Å². The fourth-order valence-electron chi connectivity index (χ4n) is 5.68. The predicted octanol–water partition coefficient (Wildman–Crippen LogP) is 1.53. The number of Topliss-reactive ketones (excluding diaryl/α,β-unsaturated/α-hetero) is 1. The van der Waals surface area contributed by atoms with Gasteiger partial charge >= 0.3 is 0 Å². The Hall–Kier alpha value is -2.22. The van der Waals surface area contributed by atoms with Crippen LogP contribution in [-0.4, -0.2) is 59.6 Å². The lowest BCUT2D eigenvalue weighted by molar-refractivity contribution is -0.144. The van der Waals surface area contributed by atoms with Gasteiger partial charge in [0, 0.05) is 13.1 Å². The van der Waals surface area contributed by atoms with Gasteiger partial charge in [-0.2, -0.15) is 0 Å². The summed E-state index contributed by atoms with van der Waals surface area (Å²) in [5.41, 5.74) is 6.14. The van der Waals surface area contributed by atoms with Crippen LogP contribution in [0.1, 0.15) is 66.2 Å². The van der Waals surface area contributed by atoms with Crippen LogP contribution in [0.25, 0.3) is 0 Å². The number of amides is 3. The van der Waals surface area contributed by atoms with E-state index in [4.69, 9.17) is 5.73 Å². The molecular weight excluding hydrogens is 420 g/mol. The first-order valence-electron chi connectivity index (χ1n) is 12.3. The van der Waals surface area contributed by atoms with Crippen molar-refractivity contribution < 1.29 is 19.2 Å². The van der Waals surface area contributed by atoms with Gasteiger partial charge < -0.3 is 21.3 Å². The zero-order valence-corrected chi connectivity index (χ0v) is 20.5. The molecule has 3 rings (SSSR count). The predicted molar refractivity (Wildman–Crippen MR) is 126 cm³/mol. The van der Waals surface area contributed by atoms with Gasteiger partial charge in [0.25, 0.3) is 5.91 Å². The van der Waals surface area contributed by atoms with Gasteiger partial charge in [-0.1, -0.05) is 40.2 Å². The number of nitrogens with two attached hydrogens (primary N) is 1. The molecule has 8 nitrogen and oxygen atoms in total. The normalized spacial score (nSPS) is 26.9. The first-order valence-corrected chi connectivity index (χ1v) is 12.3. The molecule has 4 N–H and O–H groups in total. The molecule has 0 bridgehead atoms. The van der Waals surface area contributed by atoms with Crippen molar-refractivity contribution in [1.82, 2.24) is 15.5 Å². The Morgan fingerprint density at radius 2 is 1.88 bits per heavy atom. The van der Waals surface area contributed by atoms with Crippen LogP contribution < -0.4 is 16.4 Å². The number of rotatable bonds is 9. The van der Waals surface area contributed by atoms with Gasteiger partial charge in [-0.3, -0.25) is 19.2 Å². The molecule has 2 saturated carbocycles. The molecule has 1 spiro atoms. The number of carbonyl (C=O) groups is 4. The quantitative estimate of drug-likeness (QED) is 0.356. The average molecular weight is 461 g/mol. The molecule has 5 atom stereocenters. The molecule has 3 aliphatic rings. The van der Waals surface area contributed by atoms with E-state index < -0.39 is 35.2 Å². The summed E-state index contributed by atoms with van der Waals surface area (Å²) in [4.78, 5) is 53.6. The molecule has 0 aromatic rings. The highest BCUT2D eigenvalue weighted by molar-refractivity contribution is 6.38. The Labute approximate surface area is 197 Å². The Morgan fingerprint density at radius 1 is 1.21 bits per heavy atom. The zero-order chi connectivity index (χ0) is 24.6. The van der Waals surface area contributed by atoms with E-state index in [1.165, 1.54) is 6.08 Å². The summed E-state index contributed by atoms with van der Waals surface area (Å²) in [6, 6.07) is -2.30. The van der Waals surface area contributed by atoms with E-state index in [1.54, 1.807) is 4.90 Å². The van der Waals surface area contributed by atoms with Crippen LogP contribution in [0.2, 0.25) is 0 Å². The first kappa shape index (κ1) is 25.4. The van der Waals surface area contributed by atoms with Gasteiger partial charge in [-0.15, -0.1) is 6.58 Å². The van der Waals surface area contributed by atoms with Crippen molar-refractivity contribution in [3.05, 3.63) is 12.7 Å². The Morgan fingerprint density at radius 3 is 2.42 bits per heavy atom. The SMILES string of the molecule is C=CCNC(=O)C(=O)C(CCC)NC(=O)[C@@H]1[C@H]2CCC3(CC3)[C@H]2CN1C(=O)[C@@H](N)C(C)(C)C. The molecule has 184 valence electrons. The number of fused-ring (bicyclic) bond motifs is 2. The van der Waals surface area contributed by atoms with E-state index in [-0.39, 0.29) is 29.7 Å². The van der Waals surface area contributed by atoms with E-state index >= 15 is 0 Å². The van der Waals surface area contributed by atoms with Gasteiger partial charge in [0.05, 0.1) is 12.1 Å². The molecule has 3 amide bonds. The van der Waals surface area contributed by atoms with Crippen LogP contribution in [0.3, 0.4) is 0 Å². The molecule has 33 heavy (non-hydrogen) atoms. The monoisotopic (exact) mass is 460 g/mol. The number of likely N-dealkylation sites (tertiary alicyclic amines) is 1. The van der Waals surface area contributed by atoms with Gasteiger partial charge in [0.1, 0.15) is 6.04 Å². The van der Waals surface area contributed by atoms with Crippen molar-refractivity contribution in [3.63, 3.8) is 0 Å². The number of nitrogens with zero attached hydrogens (tertiary/aromatic N) is 1. The van der Waals surface area contributed by atoms with Crippen molar-refractivity contribution in [1.29, 1.82) is 0 Å². The van der Waals surface area contributed by atoms with Gasteiger partial charge in [0.15, 0.2) is 0 Å². The molecule has 3 fully saturated rings. The molecule has 0 radical (unpaired) electrons. The lowest BCUT2D eigenvalue weighted by Gasteiger charge is -2.34. The summed E-state index contributed by atoms with van der Waals surface area (Å²) in [6.07, 6.45) is 6.75. The average Bonchev–Trinajstić information content (AvgIpc) is 3.33. The van der Waals surface area contributed by atoms with Crippen LogP contribution >= 0.6 is 0 Å². The van der Waals surface area contributed by atoms with E-state index in [0.29, 0.717) is 25.3 Å². The van der Waals surface area contributed by atoms with E-state index in [1.807, 2.05) is 27.7 Å².